The predicted molar refractivity (Wildman–Crippen MR) is 114 cm³/mol. The fourth-order valence-electron chi connectivity index (χ4n) is 3.47. The van der Waals surface area contributed by atoms with Crippen LogP contribution >= 0.6 is 11.8 Å². The van der Waals surface area contributed by atoms with Crippen LogP contribution in [-0.4, -0.2) is 21.8 Å². The first-order chi connectivity index (χ1) is 14.2. The lowest BCUT2D eigenvalue weighted by Gasteiger charge is -2.25. The van der Waals surface area contributed by atoms with Crippen LogP contribution in [0.1, 0.15) is 22.7 Å². The van der Waals surface area contributed by atoms with E-state index in [4.69, 9.17) is 9.98 Å². The molecule has 0 radical (unpaired) electrons. The molecule has 0 bridgehead atoms. The number of benzene rings is 3. The molecule has 6 heteroatoms. The Morgan fingerprint density at radius 3 is 2.59 bits per heavy atom. The van der Waals surface area contributed by atoms with Gasteiger partial charge in [0.15, 0.2) is 11.2 Å². The number of aliphatic imine (C=N–C) groups is 2. The van der Waals surface area contributed by atoms with Crippen molar-refractivity contribution in [3.63, 3.8) is 0 Å². The molecule has 5 rings (SSSR count). The van der Waals surface area contributed by atoms with Crippen LogP contribution in [0.5, 0.6) is 0 Å². The molecule has 0 saturated carbocycles. The van der Waals surface area contributed by atoms with Crippen LogP contribution in [0.4, 0.5) is 10.1 Å². The molecule has 3 aromatic carbocycles. The molecule has 0 unspecified atom stereocenters. The van der Waals surface area contributed by atoms with Crippen LogP contribution in [0.25, 0.3) is 0 Å². The summed E-state index contributed by atoms with van der Waals surface area (Å²) >= 11 is 1.41. The molecule has 0 spiro atoms. The maximum atomic E-state index is 13.5. The summed E-state index contributed by atoms with van der Waals surface area (Å²) in [6.45, 7) is 0. The average Bonchev–Trinajstić information content (AvgIpc) is 3.10. The van der Waals surface area contributed by atoms with Gasteiger partial charge in [0.05, 0.1) is 5.69 Å². The van der Waals surface area contributed by atoms with Gasteiger partial charge in [-0.1, -0.05) is 66.4 Å². The summed E-state index contributed by atoms with van der Waals surface area (Å²) in [5, 5.41) is 0.565. The lowest BCUT2D eigenvalue weighted by atomic mass is 10.1. The number of carbonyl (C=O) groups excluding carboxylic acids is 1. The monoisotopic (exact) mass is 401 g/mol. The molecule has 0 N–H and O–H groups in total. The normalized spacial score (nSPS) is 17.5. The van der Waals surface area contributed by atoms with E-state index in [1.54, 1.807) is 11.0 Å². The highest BCUT2D eigenvalue weighted by Gasteiger charge is 2.41. The highest BCUT2D eigenvalue weighted by atomic mass is 32.2. The molecule has 1 amide bonds. The van der Waals surface area contributed by atoms with Crippen molar-refractivity contribution in [1.82, 2.24) is 4.90 Å². The van der Waals surface area contributed by atoms with Gasteiger partial charge in [-0.2, -0.15) is 0 Å². The van der Waals surface area contributed by atoms with Crippen molar-refractivity contribution in [2.45, 2.75) is 11.8 Å². The minimum Gasteiger partial charge on any atom is -0.271 e. The SMILES string of the molecule is O=C1[C@H](c2ccccc2)N=C2c3ccccc3N=C(SCc3cccc(F)c3)N12. The Kier molecular flexibility index (Phi) is 4.48. The van der Waals surface area contributed by atoms with Gasteiger partial charge >= 0.3 is 0 Å². The molecule has 0 fully saturated rings. The van der Waals surface area contributed by atoms with Gasteiger partial charge in [0.2, 0.25) is 0 Å². The number of carbonyl (C=O) groups is 1. The molecule has 29 heavy (non-hydrogen) atoms. The van der Waals surface area contributed by atoms with Gasteiger partial charge in [-0.3, -0.25) is 4.79 Å². The number of para-hydroxylation sites is 1. The summed E-state index contributed by atoms with van der Waals surface area (Å²) in [5.74, 6) is 0.733. The summed E-state index contributed by atoms with van der Waals surface area (Å²) in [5.41, 5.74) is 3.31. The molecule has 3 aromatic rings. The third kappa shape index (κ3) is 3.25. The third-order valence-corrected chi connectivity index (χ3v) is 5.85. The van der Waals surface area contributed by atoms with Crippen LogP contribution < -0.4 is 0 Å². The lowest BCUT2D eigenvalue weighted by Crippen LogP contribution is -2.39. The first-order valence-electron chi connectivity index (χ1n) is 9.23. The quantitative estimate of drug-likeness (QED) is 0.614. The average molecular weight is 401 g/mol. The summed E-state index contributed by atoms with van der Waals surface area (Å²) in [6.07, 6.45) is 0. The Morgan fingerprint density at radius 1 is 0.966 bits per heavy atom. The van der Waals surface area contributed by atoms with E-state index in [0.29, 0.717) is 16.8 Å². The summed E-state index contributed by atoms with van der Waals surface area (Å²) in [6, 6.07) is 23.1. The third-order valence-electron chi connectivity index (χ3n) is 4.84. The van der Waals surface area contributed by atoms with Crippen molar-refractivity contribution in [2.24, 2.45) is 9.98 Å². The molecule has 2 aliphatic heterocycles. The number of fused-ring (bicyclic) bond motifs is 3. The van der Waals surface area contributed by atoms with Crippen LogP contribution in [0.3, 0.4) is 0 Å². The van der Waals surface area contributed by atoms with Gasteiger partial charge in [0.25, 0.3) is 5.91 Å². The number of thioether (sulfide) groups is 1. The van der Waals surface area contributed by atoms with Crippen LogP contribution in [-0.2, 0) is 10.5 Å². The van der Waals surface area contributed by atoms with Gasteiger partial charge < -0.3 is 0 Å². The summed E-state index contributed by atoms with van der Waals surface area (Å²) in [7, 11) is 0. The molecular weight excluding hydrogens is 385 g/mol. The number of nitrogens with zero attached hydrogens (tertiary/aromatic N) is 3. The molecule has 0 aliphatic carbocycles. The summed E-state index contributed by atoms with van der Waals surface area (Å²) in [4.78, 5) is 24.4. The van der Waals surface area contributed by atoms with E-state index in [9.17, 15) is 9.18 Å². The van der Waals surface area contributed by atoms with E-state index in [-0.39, 0.29) is 11.7 Å². The molecule has 2 aliphatic rings. The van der Waals surface area contributed by atoms with E-state index in [1.807, 2.05) is 60.7 Å². The Bertz CT molecular complexity index is 1160. The summed E-state index contributed by atoms with van der Waals surface area (Å²) < 4.78 is 13.5. The first-order valence-corrected chi connectivity index (χ1v) is 10.2. The van der Waals surface area contributed by atoms with Gasteiger partial charge in [-0.05, 0) is 35.4 Å². The van der Waals surface area contributed by atoms with E-state index in [0.717, 1.165) is 22.4 Å². The van der Waals surface area contributed by atoms with Gasteiger partial charge in [0, 0.05) is 11.3 Å². The number of amidine groups is 2. The smallest absolute Gasteiger partial charge is 0.263 e. The highest BCUT2D eigenvalue weighted by molar-refractivity contribution is 8.13. The molecule has 2 heterocycles. The Labute approximate surface area is 171 Å². The fourth-order valence-corrected chi connectivity index (χ4v) is 4.42. The second-order valence-electron chi connectivity index (χ2n) is 6.77. The number of hydrogen-bond donors (Lipinski definition) is 0. The van der Waals surface area contributed by atoms with Crippen molar-refractivity contribution >= 4 is 34.4 Å². The van der Waals surface area contributed by atoms with Crippen molar-refractivity contribution in [2.75, 3.05) is 0 Å². The van der Waals surface area contributed by atoms with E-state index in [2.05, 4.69) is 0 Å². The van der Waals surface area contributed by atoms with Crippen molar-refractivity contribution in [3.8, 4) is 0 Å². The minimum atomic E-state index is -0.586. The zero-order valence-corrected chi connectivity index (χ0v) is 16.1. The standard InChI is InChI=1S/C23H16FN3OS/c24-17-10-6-7-15(13-17)14-29-23-25-19-12-5-4-11-18(19)21-26-20(22(28)27(21)23)16-8-2-1-3-9-16/h1-13,20H,14H2/t20-/m0/s1. The maximum Gasteiger partial charge on any atom is 0.263 e. The minimum absolute atomic E-state index is 0.119. The van der Waals surface area contributed by atoms with Crippen LogP contribution in [0.15, 0.2) is 88.8 Å². The fraction of sp³-hybridized carbons (Fsp3) is 0.0870. The second kappa shape index (κ2) is 7.29. The van der Waals surface area contributed by atoms with Crippen molar-refractivity contribution < 1.29 is 9.18 Å². The Balaban J connectivity index is 1.52. The highest BCUT2D eigenvalue weighted by Crippen LogP contribution is 2.38. The number of hydrogen-bond acceptors (Lipinski definition) is 4. The lowest BCUT2D eigenvalue weighted by molar-refractivity contribution is -0.124. The molecule has 0 aromatic heterocycles. The second-order valence-corrected chi connectivity index (χ2v) is 7.71. The molecule has 4 nitrogen and oxygen atoms in total. The van der Waals surface area contributed by atoms with E-state index >= 15 is 0 Å². The number of rotatable bonds is 3. The molecule has 1 atom stereocenters. The van der Waals surface area contributed by atoms with Gasteiger partial charge in [-0.15, -0.1) is 0 Å². The van der Waals surface area contributed by atoms with Crippen LogP contribution in [0.2, 0.25) is 0 Å². The molecule has 0 saturated heterocycles. The number of amides is 1. The van der Waals surface area contributed by atoms with E-state index in [1.165, 1.54) is 23.9 Å². The van der Waals surface area contributed by atoms with Crippen molar-refractivity contribution in [1.29, 1.82) is 0 Å². The van der Waals surface area contributed by atoms with Gasteiger partial charge in [-0.25, -0.2) is 19.3 Å². The van der Waals surface area contributed by atoms with Crippen LogP contribution in [0, 0.1) is 5.82 Å². The molecular formula is C23H16FN3OS. The number of halogens is 1. The zero-order valence-electron chi connectivity index (χ0n) is 15.3. The topological polar surface area (TPSA) is 45.0 Å². The van der Waals surface area contributed by atoms with E-state index < -0.39 is 6.04 Å². The molecule has 142 valence electrons. The van der Waals surface area contributed by atoms with Gasteiger partial charge in [0.1, 0.15) is 11.7 Å². The zero-order chi connectivity index (χ0) is 19.8. The largest absolute Gasteiger partial charge is 0.271 e. The first kappa shape index (κ1) is 17.8. The Hall–Kier alpha value is -3.25. The maximum absolute atomic E-state index is 13.5. The van der Waals surface area contributed by atoms with Crippen molar-refractivity contribution in [3.05, 3.63) is 101 Å². The Morgan fingerprint density at radius 2 is 1.76 bits per heavy atom. The predicted octanol–water partition coefficient (Wildman–Crippen LogP) is 5.09.